The number of hydrogen-bond donors (Lipinski definition) is 1. The number of hydrogen-bond acceptors (Lipinski definition) is 3. The molecule has 0 spiro atoms. The van der Waals surface area contributed by atoms with E-state index in [1.807, 2.05) is 18.2 Å². The number of fused-ring (bicyclic) bond motifs is 1. The third-order valence-corrected chi connectivity index (χ3v) is 3.95. The Morgan fingerprint density at radius 1 is 1.30 bits per heavy atom. The second-order valence-electron chi connectivity index (χ2n) is 5.17. The minimum absolute atomic E-state index is 0.202. The Kier molecular flexibility index (Phi) is 4.21. The topological polar surface area (TPSA) is 63.8 Å². The number of nitrogens with zero attached hydrogens (tertiary/aromatic N) is 2. The standard InChI is InChI=1S/C17H15ClN2O3/c1-23-15-5-4-13(18)10-12(15)3-2-11-8-14(17(21)22)20-7-6-19-16(20)9-11/h4-10H,2-3H2,1H3,(H,21,22). The molecule has 0 aliphatic heterocycles. The monoisotopic (exact) mass is 330 g/mol. The van der Waals surface area contributed by atoms with Gasteiger partial charge in [-0.25, -0.2) is 9.78 Å². The van der Waals surface area contributed by atoms with Gasteiger partial charge in [-0.1, -0.05) is 11.6 Å². The summed E-state index contributed by atoms with van der Waals surface area (Å²) in [7, 11) is 1.62. The Morgan fingerprint density at radius 2 is 2.13 bits per heavy atom. The SMILES string of the molecule is COc1ccc(Cl)cc1CCc1cc(C(=O)O)n2ccnc2c1. The van der Waals surface area contributed by atoms with Gasteiger partial charge in [0.1, 0.15) is 17.1 Å². The van der Waals surface area contributed by atoms with Gasteiger partial charge < -0.3 is 9.84 Å². The molecule has 0 saturated heterocycles. The molecule has 1 aromatic carbocycles. The van der Waals surface area contributed by atoms with Crippen LogP contribution in [0.2, 0.25) is 5.02 Å². The quantitative estimate of drug-likeness (QED) is 0.778. The number of imidazole rings is 1. The predicted molar refractivity (Wildman–Crippen MR) is 87.6 cm³/mol. The highest BCUT2D eigenvalue weighted by Gasteiger charge is 2.12. The molecule has 2 heterocycles. The average Bonchev–Trinajstić information content (AvgIpc) is 3.00. The van der Waals surface area contributed by atoms with Crippen LogP contribution in [0, 0.1) is 0 Å². The van der Waals surface area contributed by atoms with Crippen LogP contribution in [0.5, 0.6) is 5.75 Å². The first-order chi connectivity index (χ1) is 11.1. The summed E-state index contributed by atoms with van der Waals surface area (Å²) >= 11 is 6.04. The van der Waals surface area contributed by atoms with E-state index < -0.39 is 5.97 Å². The Labute approximate surface area is 138 Å². The van der Waals surface area contributed by atoms with Crippen molar-refractivity contribution in [1.29, 1.82) is 0 Å². The molecule has 3 rings (SSSR count). The smallest absolute Gasteiger partial charge is 0.352 e. The first-order valence-electron chi connectivity index (χ1n) is 7.10. The van der Waals surface area contributed by atoms with E-state index in [1.165, 1.54) is 0 Å². The van der Waals surface area contributed by atoms with E-state index in [9.17, 15) is 9.90 Å². The molecule has 0 amide bonds. The van der Waals surface area contributed by atoms with Gasteiger partial charge in [0.2, 0.25) is 0 Å². The lowest BCUT2D eigenvalue weighted by atomic mass is 10.0. The van der Waals surface area contributed by atoms with Crippen LogP contribution in [-0.2, 0) is 12.8 Å². The fourth-order valence-electron chi connectivity index (χ4n) is 2.61. The summed E-state index contributed by atoms with van der Waals surface area (Å²) in [5, 5.41) is 9.99. The number of aromatic nitrogens is 2. The molecule has 6 heteroatoms. The summed E-state index contributed by atoms with van der Waals surface area (Å²) in [6.07, 6.45) is 4.59. The molecular formula is C17H15ClN2O3. The molecule has 118 valence electrons. The molecule has 0 unspecified atom stereocenters. The Bertz CT molecular complexity index is 873. The zero-order valence-electron chi connectivity index (χ0n) is 12.5. The van der Waals surface area contributed by atoms with Crippen LogP contribution in [0.15, 0.2) is 42.7 Å². The number of rotatable bonds is 5. The number of carboxylic acid groups (broad SMARTS) is 1. The van der Waals surface area contributed by atoms with Crippen molar-refractivity contribution in [3.05, 3.63) is 64.6 Å². The number of aromatic carboxylic acids is 1. The second-order valence-corrected chi connectivity index (χ2v) is 5.60. The maximum absolute atomic E-state index is 11.4. The lowest BCUT2D eigenvalue weighted by Crippen LogP contribution is -2.06. The van der Waals surface area contributed by atoms with Crippen molar-refractivity contribution in [3.63, 3.8) is 0 Å². The largest absolute Gasteiger partial charge is 0.496 e. The molecule has 5 nitrogen and oxygen atoms in total. The number of carboxylic acids is 1. The van der Waals surface area contributed by atoms with E-state index in [-0.39, 0.29) is 5.69 Å². The predicted octanol–water partition coefficient (Wildman–Crippen LogP) is 3.48. The lowest BCUT2D eigenvalue weighted by Gasteiger charge is -2.10. The van der Waals surface area contributed by atoms with Gasteiger partial charge in [0.05, 0.1) is 7.11 Å². The van der Waals surface area contributed by atoms with Crippen LogP contribution in [0.3, 0.4) is 0 Å². The van der Waals surface area contributed by atoms with Gasteiger partial charge in [-0.15, -0.1) is 0 Å². The van der Waals surface area contributed by atoms with E-state index in [2.05, 4.69) is 4.98 Å². The van der Waals surface area contributed by atoms with Crippen molar-refractivity contribution in [3.8, 4) is 5.75 Å². The number of halogens is 1. The fourth-order valence-corrected chi connectivity index (χ4v) is 2.80. The maximum Gasteiger partial charge on any atom is 0.352 e. The lowest BCUT2D eigenvalue weighted by molar-refractivity contribution is 0.0688. The second kappa shape index (κ2) is 6.30. The van der Waals surface area contributed by atoms with Crippen molar-refractivity contribution >= 4 is 23.2 Å². The molecule has 0 saturated carbocycles. The van der Waals surface area contributed by atoms with Crippen LogP contribution in [0.4, 0.5) is 0 Å². The minimum atomic E-state index is -0.977. The van der Waals surface area contributed by atoms with Crippen molar-refractivity contribution in [1.82, 2.24) is 9.38 Å². The van der Waals surface area contributed by atoms with E-state index in [0.29, 0.717) is 23.5 Å². The number of carbonyl (C=O) groups is 1. The van der Waals surface area contributed by atoms with Gasteiger partial charge in [-0.05, 0) is 54.3 Å². The summed E-state index contributed by atoms with van der Waals surface area (Å²) in [6, 6.07) is 9.05. The van der Waals surface area contributed by atoms with E-state index in [0.717, 1.165) is 16.9 Å². The van der Waals surface area contributed by atoms with Crippen LogP contribution in [0.25, 0.3) is 5.65 Å². The zero-order chi connectivity index (χ0) is 16.4. The zero-order valence-corrected chi connectivity index (χ0v) is 13.2. The summed E-state index contributed by atoms with van der Waals surface area (Å²) in [5.74, 6) is -0.204. The van der Waals surface area contributed by atoms with E-state index in [4.69, 9.17) is 16.3 Å². The number of ether oxygens (including phenoxy) is 1. The van der Waals surface area contributed by atoms with Crippen molar-refractivity contribution in [2.24, 2.45) is 0 Å². The number of aryl methyl sites for hydroxylation is 2. The Morgan fingerprint density at radius 3 is 2.87 bits per heavy atom. The molecular weight excluding hydrogens is 316 g/mol. The summed E-state index contributed by atoms with van der Waals surface area (Å²) in [5.41, 5.74) is 2.72. The van der Waals surface area contributed by atoms with Crippen molar-refractivity contribution in [2.45, 2.75) is 12.8 Å². The Hall–Kier alpha value is -2.53. The van der Waals surface area contributed by atoms with Crippen LogP contribution >= 0.6 is 11.6 Å². The molecule has 0 aliphatic rings. The van der Waals surface area contributed by atoms with E-state index in [1.54, 1.807) is 36.0 Å². The number of methoxy groups -OCH3 is 1. The highest BCUT2D eigenvalue weighted by atomic mass is 35.5. The molecule has 2 aromatic heterocycles. The van der Waals surface area contributed by atoms with E-state index >= 15 is 0 Å². The van der Waals surface area contributed by atoms with Gasteiger partial charge in [0.25, 0.3) is 0 Å². The molecule has 3 aromatic rings. The van der Waals surface area contributed by atoms with Gasteiger partial charge in [-0.3, -0.25) is 4.40 Å². The molecule has 23 heavy (non-hydrogen) atoms. The van der Waals surface area contributed by atoms with Crippen molar-refractivity contribution < 1.29 is 14.6 Å². The van der Waals surface area contributed by atoms with Gasteiger partial charge in [0, 0.05) is 17.4 Å². The molecule has 0 fully saturated rings. The summed E-state index contributed by atoms with van der Waals surface area (Å²) < 4.78 is 6.90. The van der Waals surface area contributed by atoms with Crippen LogP contribution in [-0.4, -0.2) is 27.6 Å². The van der Waals surface area contributed by atoms with Gasteiger partial charge in [-0.2, -0.15) is 0 Å². The fraction of sp³-hybridized carbons (Fsp3) is 0.176. The molecule has 0 atom stereocenters. The maximum atomic E-state index is 11.4. The molecule has 1 N–H and O–H groups in total. The minimum Gasteiger partial charge on any atom is -0.496 e. The van der Waals surface area contributed by atoms with Crippen LogP contribution in [0.1, 0.15) is 21.6 Å². The first kappa shape index (κ1) is 15.4. The highest BCUT2D eigenvalue weighted by molar-refractivity contribution is 6.30. The highest BCUT2D eigenvalue weighted by Crippen LogP contribution is 2.24. The summed E-state index contributed by atoms with van der Waals surface area (Å²) in [4.78, 5) is 15.6. The third-order valence-electron chi connectivity index (χ3n) is 3.71. The molecule has 0 bridgehead atoms. The summed E-state index contributed by atoms with van der Waals surface area (Å²) in [6.45, 7) is 0. The number of benzene rings is 1. The van der Waals surface area contributed by atoms with Crippen LogP contribution < -0.4 is 4.74 Å². The molecule has 0 aliphatic carbocycles. The molecule has 0 radical (unpaired) electrons. The normalized spacial score (nSPS) is 10.9. The first-order valence-corrected chi connectivity index (χ1v) is 7.48. The Balaban J connectivity index is 1.90. The van der Waals surface area contributed by atoms with Gasteiger partial charge in [0.15, 0.2) is 0 Å². The van der Waals surface area contributed by atoms with Crippen molar-refractivity contribution in [2.75, 3.05) is 7.11 Å². The average molecular weight is 331 g/mol. The number of pyridine rings is 1. The van der Waals surface area contributed by atoms with Gasteiger partial charge >= 0.3 is 5.97 Å². The third kappa shape index (κ3) is 3.14.